The molecule has 2 rings (SSSR count). The summed E-state index contributed by atoms with van der Waals surface area (Å²) in [7, 11) is 1.77. The summed E-state index contributed by atoms with van der Waals surface area (Å²) in [5, 5.41) is 3.88. The Labute approximate surface area is 140 Å². The second-order valence-electron chi connectivity index (χ2n) is 5.54. The summed E-state index contributed by atoms with van der Waals surface area (Å²) in [6.45, 7) is 5.74. The molecule has 1 aromatic rings. The summed E-state index contributed by atoms with van der Waals surface area (Å²) in [5.41, 5.74) is 0.337. The van der Waals surface area contributed by atoms with E-state index in [0.717, 1.165) is 31.7 Å². The molecule has 0 radical (unpaired) electrons. The highest BCUT2D eigenvalue weighted by molar-refractivity contribution is 7.99. The summed E-state index contributed by atoms with van der Waals surface area (Å²) >= 11 is 1.80. The van der Waals surface area contributed by atoms with Crippen LogP contribution in [0.3, 0.4) is 0 Å². The maximum atomic E-state index is 13.9. The van der Waals surface area contributed by atoms with Crippen LogP contribution in [-0.2, 0) is 0 Å². The van der Waals surface area contributed by atoms with Crippen LogP contribution in [0, 0.1) is 11.6 Å². The van der Waals surface area contributed by atoms with Crippen LogP contribution in [-0.4, -0.2) is 62.1 Å². The van der Waals surface area contributed by atoms with Gasteiger partial charge in [0.15, 0.2) is 5.96 Å². The Morgan fingerprint density at radius 2 is 2.00 bits per heavy atom. The topological polar surface area (TPSA) is 30.9 Å². The first kappa shape index (κ1) is 17.8. The lowest BCUT2D eigenvalue weighted by atomic mass is 10.2. The minimum atomic E-state index is -0.410. The van der Waals surface area contributed by atoms with Crippen LogP contribution < -0.4 is 10.2 Å². The summed E-state index contributed by atoms with van der Waals surface area (Å²) in [4.78, 5) is 8.35. The van der Waals surface area contributed by atoms with Crippen LogP contribution >= 0.6 is 11.8 Å². The number of hydrogen-bond donors (Lipinski definition) is 1. The van der Waals surface area contributed by atoms with E-state index in [0.29, 0.717) is 24.0 Å². The van der Waals surface area contributed by atoms with Crippen molar-refractivity contribution in [2.45, 2.75) is 12.2 Å². The highest BCUT2D eigenvalue weighted by Gasteiger charge is 2.22. The lowest BCUT2D eigenvalue weighted by Crippen LogP contribution is -2.53. The van der Waals surface area contributed by atoms with Crippen LogP contribution in [0.5, 0.6) is 0 Å². The normalized spacial score (nSPS) is 17.3. The van der Waals surface area contributed by atoms with E-state index in [4.69, 9.17) is 0 Å². The fourth-order valence-electron chi connectivity index (χ4n) is 2.54. The molecule has 1 N–H and O–H groups in total. The molecule has 1 unspecified atom stereocenters. The summed E-state index contributed by atoms with van der Waals surface area (Å²) in [6, 6.07) is 3.59. The summed E-state index contributed by atoms with van der Waals surface area (Å²) in [6.07, 6.45) is 2.08. The van der Waals surface area contributed by atoms with Gasteiger partial charge in [-0.05, 0) is 18.4 Å². The molecule has 0 bridgehead atoms. The van der Waals surface area contributed by atoms with Gasteiger partial charge in [-0.15, -0.1) is 0 Å². The van der Waals surface area contributed by atoms with Gasteiger partial charge in [-0.25, -0.2) is 8.78 Å². The van der Waals surface area contributed by atoms with Crippen LogP contribution in [0.4, 0.5) is 14.5 Å². The molecule has 7 heteroatoms. The number of nitrogens with zero attached hydrogens (tertiary/aromatic N) is 3. The molecule has 1 aliphatic heterocycles. The van der Waals surface area contributed by atoms with Crippen molar-refractivity contribution in [2.75, 3.05) is 50.9 Å². The molecule has 1 atom stereocenters. The van der Waals surface area contributed by atoms with Crippen molar-refractivity contribution >= 4 is 23.4 Å². The molecule has 0 aromatic heterocycles. The molecule has 1 saturated heterocycles. The number of halogens is 2. The van der Waals surface area contributed by atoms with Gasteiger partial charge in [0.25, 0.3) is 0 Å². The molecule has 1 aromatic carbocycles. The Balaban J connectivity index is 1.93. The number of benzene rings is 1. The maximum absolute atomic E-state index is 13.9. The van der Waals surface area contributed by atoms with E-state index in [2.05, 4.69) is 28.4 Å². The zero-order chi connectivity index (χ0) is 16.8. The van der Waals surface area contributed by atoms with E-state index in [-0.39, 0.29) is 5.82 Å². The van der Waals surface area contributed by atoms with Crippen LogP contribution in [0.25, 0.3) is 0 Å². The molecule has 1 fully saturated rings. The third-order valence-electron chi connectivity index (χ3n) is 3.99. The fraction of sp³-hybridized carbons (Fsp3) is 0.562. The molecule has 0 aliphatic carbocycles. The average molecular weight is 342 g/mol. The Morgan fingerprint density at radius 1 is 1.30 bits per heavy atom. The lowest BCUT2D eigenvalue weighted by molar-refractivity contribution is 0.371. The van der Waals surface area contributed by atoms with Crippen molar-refractivity contribution in [3.8, 4) is 0 Å². The van der Waals surface area contributed by atoms with Crippen molar-refractivity contribution in [3.05, 3.63) is 29.8 Å². The van der Waals surface area contributed by atoms with Gasteiger partial charge in [0.05, 0.1) is 5.69 Å². The molecule has 4 nitrogen and oxygen atoms in total. The summed E-state index contributed by atoms with van der Waals surface area (Å²) < 4.78 is 27.2. The third-order valence-corrected chi connectivity index (χ3v) is 4.96. The molecule has 128 valence electrons. The van der Waals surface area contributed by atoms with Gasteiger partial charge in [-0.3, -0.25) is 4.99 Å². The minimum Gasteiger partial charge on any atom is -0.366 e. The molecule has 1 heterocycles. The minimum absolute atomic E-state index is 0.337. The third kappa shape index (κ3) is 4.73. The number of anilines is 1. The summed E-state index contributed by atoms with van der Waals surface area (Å²) in [5.74, 6) is 0.0776. The first-order valence-corrected chi connectivity index (χ1v) is 9.02. The molecular formula is C16H24F2N4S. The van der Waals surface area contributed by atoms with E-state index in [1.807, 2.05) is 4.90 Å². The first-order valence-electron chi connectivity index (χ1n) is 7.73. The molecule has 0 saturated carbocycles. The second kappa shape index (κ2) is 8.38. The Hall–Kier alpha value is -1.50. The SMILES string of the molecule is CN=C(NCC(C)SC)N1CCN(c2cc(F)ccc2F)CC1. The predicted octanol–water partition coefficient (Wildman–Crippen LogP) is 2.41. The number of rotatable bonds is 4. The van der Waals surface area contributed by atoms with Gasteiger partial charge >= 0.3 is 0 Å². The van der Waals surface area contributed by atoms with Gasteiger partial charge in [0.1, 0.15) is 11.6 Å². The maximum Gasteiger partial charge on any atom is 0.193 e. The van der Waals surface area contributed by atoms with E-state index >= 15 is 0 Å². The number of guanidine groups is 1. The monoisotopic (exact) mass is 342 g/mol. The van der Waals surface area contributed by atoms with E-state index in [9.17, 15) is 8.78 Å². The number of aliphatic imine (C=N–C) groups is 1. The molecule has 0 spiro atoms. The molecule has 1 aliphatic rings. The Bertz CT molecular complexity index is 545. The van der Waals surface area contributed by atoms with Gasteiger partial charge in [-0.1, -0.05) is 6.92 Å². The molecule has 23 heavy (non-hydrogen) atoms. The van der Waals surface area contributed by atoms with E-state index < -0.39 is 5.82 Å². The Morgan fingerprint density at radius 3 is 2.61 bits per heavy atom. The number of hydrogen-bond acceptors (Lipinski definition) is 3. The predicted molar refractivity (Wildman–Crippen MR) is 94.5 cm³/mol. The molecular weight excluding hydrogens is 318 g/mol. The van der Waals surface area contributed by atoms with Crippen LogP contribution in [0.2, 0.25) is 0 Å². The van der Waals surface area contributed by atoms with E-state index in [1.165, 1.54) is 12.1 Å². The highest BCUT2D eigenvalue weighted by atomic mass is 32.2. The van der Waals surface area contributed by atoms with Crippen molar-refractivity contribution in [1.29, 1.82) is 0 Å². The number of piperazine rings is 1. The molecule has 0 amide bonds. The van der Waals surface area contributed by atoms with Gasteiger partial charge < -0.3 is 15.1 Å². The largest absolute Gasteiger partial charge is 0.366 e. The zero-order valence-corrected chi connectivity index (χ0v) is 14.7. The highest BCUT2D eigenvalue weighted by Crippen LogP contribution is 2.21. The van der Waals surface area contributed by atoms with Crippen molar-refractivity contribution in [1.82, 2.24) is 10.2 Å². The smallest absolute Gasteiger partial charge is 0.193 e. The van der Waals surface area contributed by atoms with Crippen molar-refractivity contribution < 1.29 is 8.78 Å². The zero-order valence-electron chi connectivity index (χ0n) is 13.9. The van der Waals surface area contributed by atoms with Crippen molar-refractivity contribution in [2.24, 2.45) is 4.99 Å². The van der Waals surface area contributed by atoms with Gasteiger partial charge in [0, 0.05) is 51.1 Å². The van der Waals surface area contributed by atoms with E-state index in [1.54, 1.807) is 18.8 Å². The average Bonchev–Trinajstić information content (AvgIpc) is 2.58. The first-order chi connectivity index (χ1) is 11.0. The second-order valence-corrected chi connectivity index (χ2v) is 6.82. The van der Waals surface area contributed by atoms with Gasteiger partial charge in [0.2, 0.25) is 0 Å². The lowest BCUT2D eigenvalue weighted by Gasteiger charge is -2.38. The van der Waals surface area contributed by atoms with Crippen LogP contribution in [0.15, 0.2) is 23.2 Å². The van der Waals surface area contributed by atoms with Crippen molar-refractivity contribution in [3.63, 3.8) is 0 Å². The van der Waals surface area contributed by atoms with Crippen LogP contribution in [0.1, 0.15) is 6.92 Å². The quantitative estimate of drug-likeness (QED) is 0.672. The fourth-order valence-corrected chi connectivity index (χ4v) is 2.79. The van der Waals surface area contributed by atoms with Gasteiger partial charge in [-0.2, -0.15) is 11.8 Å². The number of nitrogens with one attached hydrogen (secondary N) is 1. The standard InChI is InChI=1S/C16H24F2N4S/c1-12(23-3)11-20-16(19-2)22-8-6-21(7-9-22)15-10-13(17)4-5-14(15)18/h4-5,10,12H,6-9,11H2,1-3H3,(H,19,20). The Kier molecular flexibility index (Phi) is 6.50. The number of thioether (sulfide) groups is 1.